The number of pyridine rings is 1. The van der Waals surface area contributed by atoms with E-state index in [4.69, 9.17) is 0 Å². The maximum Gasteiger partial charge on any atom is 0.433 e. The molecule has 1 saturated heterocycles. The molecule has 0 aliphatic carbocycles. The van der Waals surface area contributed by atoms with Crippen molar-refractivity contribution in [3.8, 4) is 21.1 Å². The average Bonchev–Trinajstić information content (AvgIpc) is 3.56. The Kier molecular flexibility index (Phi) is 5.84. The van der Waals surface area contributed by atoms with Crippen LogP contribution in [0.4, 0.5) is 13.2 Å². The SMILES string of the molecule is Cc1cccc2c(-c3nc(C(=O)N4CCC(N(C)C)C4)c(-c4ccc(C(F)(F)F)nc4)s3)n[nH]c12. The number of amides is 1. The molecule has 182 valence electrons. The van der Waals surface area contributed by atoms with Crippen molar-refractivity contribution in [1.82, 2.24) is 30.0 Å². The highest BCUT2D eigenvalue weighted by molar-refractivity contribution is 7.18. The molecule has 0 bridgehead atoms. The van der Waals surface area contributed by atoms with Gasteiger partial charge in [-0.15, -0.1) is 11.3 Å². The number of alkyl halides is 3. The zero-order chi connectivity index (χ0) is 24.9. The van der Waals surface area contributed by atoms with E-state index in [1.54, 1.807) is 4.90 Å². The number of likely N-dealkylation sites (N-methyl/N-ethyl adjacent to an activating group) is 1. The number of likely N-dealkylation sites (tertiary alicyclic amines) is 1. The first-order valence-corrected chi connectivity index (χ1v) is 11.9. The van der Waals surface area contributed by atoms with Gasteiger partial charge in [0.2, 0.25) is 0 Å². The summed E-state index contributed by atoms with van der Waals surface area (Å²) in [6.45, 7) is 3.12. The first kappa shape index (κ1) is 23.4. The number of benzene rings is 1. The van der Waals surface area contributed by atoms with Crippen LogP contribution in [-0.4, -0.2) is 69.1 Å². The van der Waals surface area contributed by atoms with E-state index in [0.29, 0.717) is 34.2 Å². The van der Waals surface area contributed by atoms with Gasteiger partial charge in [-0.2, -0.15) is 18.3 Å². The Labute approximate surface area is 203 Å². The van der Waals surface area contributed by atoms with Crippen LogP contribution in [0.15, 0.2) is 36.5 Å². The lowest BCUT2D eigenvalue weighted by Crippen LogP contribution is -2.34. The Bertz CT molecular complexity index is 1390. The summed E-state index contributed by atoms with van der Waals surface area (Å²) in [6, 6.07) is 8.31. The lowest BCUT2D eigenvalue weighted by atomic mass is 10.1. The molecule has 35 heavy (non-hydrogen) atoms. The zero-order valence-electron chi connectivity index (χ0n) is 19.3. The molecule has 4 aromatic rings. The smallest absolute Gasteiger partial charge is 0.336 e. The average molecular weight is 501 g/mol. The Balaban J connectivity index is 1.60. The zero-order valence-corrected chi connectivity index (χ0v) is 20.2. The van der Waals surface area contributed by atoms with Crippen molar-refractivity contribution < 1.29 is 18.0 Å². The number of thiazole rings is 1. The second-order valence-corrected chi connectivity index (χ2v) is 9.85. The van der Waals surface area contributed by atoms with Gasteiger partial charge in [0.05, 0.1) is 10.4 Å². The number of carbonyl (C=O) groups is 1. The molecule has 1 aliphatic rings. The lowest BCUT2D eigenvalue weighted by Gasteiger charge is -2.20. The van der Waals surface area contributed by atoms with Crippen LogP contribution < -0.4 is 0 Å². The fraction of sp³-hybridized carbons (Fsp3) is 0.333. The second kappa shape index (κ2) is 8.72. The molecule has 7 nitrogen and oxygen atoms in total. The Morgan fingerprint density at radius 3 is 2.69 bits per heavy atom. The van der Waals surface area contributed by atoms with Crippen LogP contribution in [-0.2, 0) is 6.18 Å². The van der Waals surface area contributed by atoms with Crippen LogP contribution in [0.25, 0.3) is 32.0 Å². The van der Waals surface area contributed by atoms with Gasteiger partial charge in [-0.3, -0.25) is 14.9 Å². The Morgan fingerprint density at radius 1 is 1.23 bits per heavy atom. The van der Waals surface area contributed by atoms with Gasteiger partial charge in [0.1, 0.15) is 22.1 Å². The largest absolute Gasteiger partial charge is 0.433 e. The third-order valence-electron chi connectivity index (χ3n) is 6.34. The minimum Gasteiger partial charge on any atom is -0.336 e. The van der Waals surface area contributed by atoms with Crippen molar-refractivity contribution in [2.75, 3.05) is 27.2 Å². The number of aromatic nitrogens is 4. The molecule has 0 spiro atoms. The minimum absolute atomic E-state index is 0.203. The number of hydrogen-bond acceptors (Lipinski definition) is 6. The van der Waals surface area contributed by atoms with Gasteiger partial charge in [-0.25, -0.2) is 4.98 Å². The molecule has 4 heterocycles. The molecule has 1 N–H and O–H groups in total. The van der Waals surface area contributed by atoms with E-state index >= 15 is 0 Å². The standard InChI is InChI=1S/C24H23F3N6OS/c1-13-5-4-6-16-18(13)30-31-19(16)22-29-20(23(34)33-10-9-15(12-33)32(2)3)21(35-22)14-7-8-17(28-11-14)24(25,26)27/h4-8,11,15H,9-10,12H2,1-3H3,(H,30,31). The minimum atomic E-state index is -4.54. The van der Waals surface area contributed by atoms with Gasteiger partial charge in [0.15, 0.2) is 0 Å². The van der Waals surface area contributed by atoms with E-state index in [0.717, 1.165) is 35.2 Å². The van der Waals surface area contributed by atoms with E-state index in [9.17, 15) is 18.0 Å². The number of hydrogen-bond donors (Lipinski definition) is 1. The van der Waals surface area contributed by atoms with Crippen molar-refractivity contribution >= 4 is 28.1 Å². The Morgan fingerprint density at radius 2 is 2.03 bits per heavy atom. The summed E-state index contributed by atoms with van der Waals surface area (Å²) in [7, 11) is 3.95. The molecular formula is C24H23F3N6OS. The molecule has 5 rings (SSSR count). The third kappa shape index (κ3) is 4.30. The maximum absolute atomic E-state index is 13.6. The molecule has 0 radical (unpaired) electrons. The fourth-order valence-electron chi connectivity index (χ4n) is 4.30. The van der Waals surface area contributed by atoms with Crippen LogP contribution >= 0.6 is 11.3 Å². The second-order valence-electron chi connectivity index (χ2n) is 8.85. The number of aryl methyl sites for hydroxylation is 1. The predicted molar refractivity (Wildman–Crippen MR) is 128 cm³/mol. The van der Waals surface area contributed by atoms with Crippen LogP contribution in [0, 0.1) is 6.92 Å². The number of nitrogens with one attached hydrogen (secondary N) is 1. The number of fused-ring (bicyclic) bond motifs is 1. The van der Waals surface area contributed by atoms with Gasteiger partial charge in [0, 0.05) is 36.3 Å². The summed E-state index contributed by atoms with van der Waals surface area (Å²) in [5.41, 5.74) is 2.12. The molecule has 11 heteroatoms. The highest BCUT2D eigenvalue weighted by atomic mass is 32.1. The third-order valence-corrected chi connectivity index (χ3v) is 7.45. The fourth-order valence-corrected chi connectivity index (χ4v) is 5.35. The van der Waals surface area contributed by atoms with Crippen LogP contribution in [0.3, 0.4) is 0 Å². The molecule has 1 aromatic carbocycles. The molecule has 1 aliphatic heterocycles. The summed E-state index contributed by atoms with van der Waals surface area (Å²) in [4.78, 5) is 26.1. The summed E-state index contributed by atoms with van der Waals surface area (Å²) in [5, 5.41) is 8.85. The van der Waals surface area contributed by atoms with E-state index < -0.39 is 11.9 Å². The van der Waals surface area contributed by atoms with Crippen LogP contribution in [0.2, 0.25) is 0 Å². The normalized spacial score (nSPS) is 16.5. The number of halogens is 3. The topological polar surface area (TPSA) is 78.0 Å². The van der Waals surface area contributed by atoms with Gasteiger partial charge in [-0.05, 0) is 45.1 Å². The Hall–Kier alpha value is -3.31. The summed E-state index contributed by atoms with van der Waals surface area (Å²) < 4.78 is 39.2. The summed E-state index contributed by atoms with van der Waals surface area (Å²) in [5.74, 6) is -0.247. The van der Waals surface area contributed by atoms with E-state index in [2.05, 4.69) is 25.1 Å². The molecule has 1 amide bonds. The monoisotopic (exact) mass is 500 g/mol. The molecule has 1 atom stereocenters. The molecule has 1 unspecified atom stereocenters. The number of aromatic amines is 1. The van der Waals surface area contributed by atoms with Crippen LogP contribution in [0.1, 0.15) is 28.2 Å². The maximum atomic E-state index is 13.6. The van der Waals surface area contributed by atoms with E-state index in [-0.39, 0.29) is 17.6 Å². The lowest BCUT2D eigenvalue weighted by molar-refractivity contribution is -0.141. The predicted octanol–water partition coefficient (Wildman–Crippen LogP) is 4.85. The number of H-pyrrole nitrogens is 1. The highest BCUT2D eigenvalue weighted by Crippen LogP contribution is 2.39. The van der Waals surface area contributed by atoms with Gasteiger partial charge >= 0.3 is 6.18 Å². The number of rotatable bonds is 4. The van der Waals surface area contributed by atoms with Gasteiger partial charge < -0.3 is 9.80 Å². The first-order chi connectivity index (χ1) is 16.6. The molecule has 3 aromatic heterocycles. The van der Waals surface area contributed by atoms with Gasteiger partial charge in [-0.1, -0.05) is 18.2 Å². The van der Waals surface area contributed by atoms with Crippen molar-refractivity contribution in [2.45, 2.75) is 25.6 Å². The first-order valence-electron chi connectivity index (χ1n) is 11.1. The van der Waals surface area contributed by atoms with E-state index in [1.807, 2.05) is 39.2 Å². The number of nitrogens with zero attached hydrogens (tertiary/aromatic N) is 5. The molecular weight excluding hydrogens is 477 g/mol. The number of para-hydroxylation sites is 1. The molecule has 1 fully saturated rings. The highest BCUT2D eigenvalue weighted by Gasteiger charge is 2.34. The summed E-state index contributed by atoms with van der Waals surface area (Å²) >= 11 is 1.23. The van der Waals surface area contributed by atoms with Crippen molar-refractivity contribution in [1.29, 1.82) is 0 Å². The van der Waals surface area contributed by atoms with Crippen molar-refractivity contribution in [2.24, 2.45) is 0 Å². The molecule has 0 saturated carbocycles. The van der Waals surface area contributed by atoms with Gasteiger partial charge in [0.25, 0.3) is 5.91 Å². The quantitative estimate of drug-likeness (QED) is 0.433. The summed E-state index contributed by atoms with van der Waals surface area (Å²) in [6.07, 6.45) is -2.55. The van der Waals surface area contributed by atoms with Crippen molar-refractivity contribution in [3.05, 3.63) is 53.5 Å². The van der Waals surface area contributed by atoms with Crippen LogP contribution in [0.5, 0.6) is 0 Å². The number of carbonyl (C=O) groups excluding carboxylic acids is 1. The van der Waals surface area contributed by atoms with E-state index in [1.165, 1.54) is 17.4 Å². The van der Waals surface area contributed by atoms with Crippen molar-refractivity contribution in [3.63, 3.8) is 0 Å².